The van der Waals surface area contributed by atoms with Gasteiger partial charge in [0, 0.05) is 44.1 Å². The van der Waals surface area contributed by atoms with Gasteiger partial charge in [0.1, 0.15) is 11.5 Å². The topological polar surface area (TPSA) is 129 Å². The molecule has 2 aromatic heterocycles. The summed E-state index contributed by atoms with van der Waals surface area (Å²) in [7, 11) is 0. The standard InChI is InChI=1S/C18H23N5O.2C2HF3O2/c24-18(16-5-1-2-6-19-16)23-13-15(11-21-8-3-4-9-21)12-22-10-7-20-17(22)14-23;2*3-2(4,5)1(6)7/h1-2,5-7,10,15H,3-4,8-9,11-14H2;2*(H,6,7). The highest BCUT2D eigenvalue weighted by Gasteiger charge is 2.39. The summed E-state index contributed by atoms with van der Waals surface area (Å²) in [6.45, 7) is 5.65. The Balaban J connectivity index is 0.000000301. The molecule has 210 valence electrons. The van der Waals surface area contributed by atoms with Gasteiger partial charge in [0.2, 0.25) is 0 Å². The number of aliphatic carboxylic acids is 2. The zero-order valence-corrected chi connectivity index (χ0v) is 19.8. The molecular formula is C22H25F6N5O5. The normalized spacial score (nSPS) is 17.7. The summed E-state index contributed by atoms with van der Waals surface area (Å²) in [6.07, 6.45) is -2.05. The van der Waals surface area contributed by atoms with E-state index < -0.39 is 24.3 Å². The summed E-state index contributed by atoms with van der Waals surface area (Å²) in [6, 6.07) is 5.48. The van der Waals surface area contributed by atoms with Crippen molar-refractivity contribution in [2.24, 2.45) is 5.92 Å². The van der Waals surface area contributed by atoms with Crippen molar-refractivity contribution in [2.45, 2.75) is 38.3 Å². The van der Waals surface area contributed by atoms with E-state index >= 15 is 0 Å². The fourth-order valence-corrected chi connectivity index (χ4v) is 3.79. The lowest BCUT2D eigenvalue weighted by Gasteiger charge is -2.27. The highest BCUT2D eigenvalue weighted by atomic mass is 19.4. The number of halogens is 6. The molecule has 1 fully saturated rings. The van der Waals surface area contributed by atoms with E-state index in [1.54, 1.807) is 12.3 Å². The van der Waals surface area contributed by atoms with Gasteiger partial charge in [-0.05, 0) is 38.1 Å². The Kier molecular flexibility index (Phi) is 10.6. The molecule has 38 heavy (non-hydrogen) atoms. The molecule has 0 spiro atoms. The Morgan fingerprint density at radius 3 is 1.97 bits per heavy atom. The SMILES string of the molecule is O=C(O)C(F)(F)F.O=C(O)C(F)(F)F.O=C(c1ccccn1)N1Cc2nccn2CC(CN2CCCC2)C1. The third kappa shape index (κ3) is 9.64. The maximum Gasteiger partial charge on any atom is 0.490 e. The average molecular weight is 553 g/mol. The zero-order valence-electron chi connectivity index (χ0n) is 19.8. The molecule has 1 atom stereocenters. The molecule has 0 aromatic carbocycles. The van der Waals surface area contributed by atoms with Crippen LogP contribution in [0.5, 0.6) is 0 Å². The van der Waals surface area contributed by atoms with E-state index in [2.05, 4.69) is 19.4 Å². The first-order valence-corrected chi connectivity index (χ1v) is 11.2. The number of hydrogen-bond acceptors (Lipinski definition) is 6. The van der Waals surface area contributed by atoms with Crippen molar-refractivity contribution in [3.8, 4) is 0 Å². The Hall–Kier alpha value is -3.69. The van der Waals surface area contributed by atoms with Crippen molar-refractivity contribution in [3.63, 3.8) is 0 Å². The average Bonchev–Trinajstić information content (AvgIpc) is 3.47. The van der Waals surface area contributed by atoms with Crippen LogP contribution in [0.25, 0.3) is 0 Å². The van der Waals surface area contributed by atoms with Gasteiger partial charge in [0.05, 0.1) is 6.54 Å². The molecule has 0 saturated carbocycles. The van der Waals surface area contributed by atoms with E-state index in [-0.39, 0.29) is 5.91 Å². The number of hydrogen-bond donors (Lipinski definition) is 2. The molecule has 2 aliphatic heterocycles. The van der Waals surface area contributed by atoms with Crippen LogP contribution in [-0.2, 0) is 22.7 Å². The maximum absolute atomic E-state index is 12.9. The summed E-state index contributed by atoms with van der Waals surface area (Å²) in [4.78, 5) is 43.8. The van der Waals surface area contributed by atoms with E-state index in [1.165, 1.54) is 25.9 Å². The Bertz CT molecular complexity index is 1050. The highest BCUT2D eigenvalue weighted by molar-refractivity contribution is 5.92. The summed E-state index contributed by atoms with van der Waals surface area (Å²) in [5.41, 5.74) is 0.512. The number of imidazole rings is 1. The van der Waals surface area contributed by atoms with E-state index in [0.29, 0.717) is 18.2 Å². The van der Waals surface area contributed by atoms with Gasteiger partial charge in [0.25, 0.3) is 5.91 Å². The molecule has 0 radical (unpaired) electrons. The number of fused-ring (bicyclic) bond motifs is 1. The van der Waals surface area contributed by atoms with Crippen LogP contribution in [-0.4, -0.2) is 90.9 Å². The quantitative estimate of drug-likeness (QED) is 0.556. The lowest BCUT2D eigenvalue weighted by Crippen LogP contribution is -2.38. The second-order valence-electron chi connectivity index (χ2n) is 8.38. The molecule has 2 aliphatic rings. The van der Waals surface area contributed by atoms with Gasteiger partial charge in [-0.1, -0.05) is 6.07 Å². The molecule has 10 nitrogen and oxygen atoms in total. The van der Waals surface area contributed by atoms with Crippen molar-refractivity contribution in [1.82, 2.24) is 24.3 Å². The van der Waals surface area contributed by atoms with E-state index in [1.807, 2.05) is 29.4 Å². The van der Waals surface area contributed by atoms with Crippen LogP contribution < -0.4 is 0 Å². The van der Waals surface area contributed by atoms with Crippen molar-refractivity contribution >= 4 is 17.8 Å². The fourth-order valence-electron chi connectivity index (χ4n) is 3.79. The second-order valence-corrected chi connectivity index (χ2v) is 8.38. The molecule has 1 saturated heterocycles. The first-order chi connectivity index (χ1) is 17.7. The number of carbonyl (C=O) groups is 3. The van der Waals surface area contributed by atoms with Gasteiger partial charge in [-0.2, -0.15) is 26.3 Å². The first-order valence-electron chi connectivity index (χ1n) is 11.2. The number of aromatic nitrogens is 3. The molecule has 4 rings (SSSR count). The van der Waals surface area contributed by atoms with Gasteiger partial charge in [-0.15, -0.1) is 0 Å². The van der Waals surface area contributed by atoms with Crippen LogP contribution >= 0.6 is 0 Å². The molecular weight excluding hydrogens is 528 g/mol. The fraction of sp³-hybridized carbons (Fsp3) is 0.500. The van der Waals surface area contributed by atoms with Gasteiger partial charge in [0.15, 0.2) is 0 Å². The third-order valence-corrected chi connectivity index (χ3v) is 5.44. The number of amides is 1. The Labute approximate surface area is 212 Å². The van der Waals surface area contributed by atoms with Gasteiger partial charge in [-0.3, -0.25) is 9.78 Å². The van der Waals surface area contributed by atoms with Crippen LogP contribution in [0, 0.1) is 5.92 Å². The summed E-state index contributed by atoms with van der Waals surface area (Å²) < 4.78 is 65.7. The summed E-state index contributed by atoms with van der Waals surface area (Å²) in [5.74, 6) is -4.13. The minimum Gasteiger partial charge on any atom is -0.475 e. The Morgan fingerprint density at radius 2 is 1.47 bits per heavy atom. The third-order valence-electron chi connectivity index (χ3n) is 5.44. The zero-order chi connectivity index (χ0) is 28.5. The van der Waals surface area contributed by atoms with Gasteiger partial charge in [-0.25, -0.2) is 14.6 Å². The molecule has 1 amide bonds. The van der Waals surface area contributed by atoms with Crippen molar-refractivity contribution in [1.29, 1.82) is 0 Å². The smallest absolute Gasteiger partial charge is 0.475 e. The van der Waals surface area contributed by atoms with E-state index in [0.717, 1.165) is 25.5 Å². The minimum absolute atomic E-state index is 0.00141. The predicted molar refractivity (Wildman–Crippen MR) is 118 cm³/mol. The maximum atomic E-state index is 12.9. The molecule has 16 heteroatoms. The number of nitrogens with zero attached hydrogens (tertiary/aromatic N) is 5. The lowest BCUT2D eigenvalue weighted by atomic mass is 10.1. The summed E-state index contributed by atoms with van der Waals surface area (Å²) >= 11 is 0. The van der Waals surface area contributed by atoms with E-state index in [9.17, 15) is 31.1 Å². The van der Waals surface area contributed by atoms with Crippen molar-refractivity contribution in [2.75, 3.05) is 26.2 Å². The van der Waals surface area contributed by atoms with Crippen LogP contribution in [0.3, 0.4) is 0 Å². The number of carboxylic acids is 2. The minimum atomic E-state index is -5.08. The second kappa shape index (κ2) is 13.2. The lowest BCUT2D eigenvalue weighted by molar-refractivity contribution is -0.193. The van der Waals surface area contributed by atoms with Crippen LogP contribution in [0.4, 0.5) is 26.3 Å². The monoisotopic (exact) mass is 553 g/mol. The molecule has 0 bridgehead atoms. The number of rotatable bonds is 3. The molecule has 2 N–H and O–H groups in total. The number of pyridine rings is 1. The number of likely N-dealkylation sites (tertiary alicyclic amines) is 1. The number of carboxylic acid groups (broad SMARTS) is 2. The Morgan fingerprint density at radius 1 is 0.895 bits per heavy atom. The molecule has 4 heterocycles. The molecule has 2 aromatic rings. The van der Waals surface area contributed by atoms with Gasteiger partial charge < -0.3 is 24.6 Å². The predicted octanol–water partition coefficient (Wildman–Crippen LogP) is 2.91. The summed E-state index contributed by atoms with van der Waals surface area (Å²) in [5, 5.41) is 14.2. The van der Waals surface area contributed by atoms with Crippen molar-refractivity contribution < 1.29 is 50.9 Å². The van der Waals surface area contributed by atoms with Crippen molar-refractivity contribution in [3.05, 3.63) is 48.3 Å². The van der Waals surface area contributed by atoms with Gasteiger partial charge >= 0.3 is 24.3 Å². The van der Waals surface area contributed by atoms with E-state index in [4.69, 9.17) is 19.8 Å². The van der Waals surface area contributed by atoms with Crippen LogP contribution in [0.15, 0.2) is 36.8 Å². The van der Waals surface area contributed by atoms with Crippen LogP contribution in [0.1, 0.15) is 29.2 Å². The molecule has 1 unspecified atom stereocenters. The first kappa shape index (κ1) is 30.5. The highest BCUT2D eigenvalue weighted by Crippen LogP contribution is 2.20. The van der Waals surface area contributed by atoms with Crippen LogP contribution in [0.2, 0.25) is 0 Å². The molecule has 0 aliphatic carbocycles. The largest absolute Gasteiger partial charge is 0.490 e. The number of alkyl halides is 6. The number of carbonyl (C=O) groups excluding carboxylic acids is 1.